The summed E-state index contributed by atoms with van der Waals surface area (Å²) < 4.78 is 15.2. The first-order chi connectivity index (χ1) is 16.9. The molecule has 5 rings (SSSR count). The highest BCUT2D eigenvalue weighted by molar-refractivity contribution is 6.14. The number of hydrogen-bond acceptors (Lipinski definition) is 4. The molecule has 0 saturated carbocycles. The predicted octanol–water partition coefficient (Wildman–Crippen LogP) is 4.83. The maximum atomic E-state index is 13.2. The Kier molecular flexibility index (Phi) is 5.58. The first-order valence-electron chi connectivity index (χ1n) is 10.8. The van der Waals surface area contributed by atoms with Gasteiger partial charge in [-0.15, -0.1) is 0 Å². The molecule has 0 bridgehead atoms. The Morgan fingerprint density at radius 3 is 2.29 bits per heavy atom. The maximum Gasteiger partial charge on any atom is 0.329 e. The molecular formula is C26H19FN4O4. The Hall–Kier alpha value is -4.79. The molecule has 0 atom stereocenters. The Morgan fingerprint density at radius 1 is 0.914 bits per heavy atom. The minimum Gasteiger partial charge on any atom is -0.342 e. The maximum absolute atomic E-state index is 13.2. The van der Waals surface area contributed by atoms with Crippen molar-refractivity contribution in [3.8, 4) is 0 Å². The van der Waals surface area contributed by atoms with Crippen LogP contribution >= 0.6 is 0 Å². The minimum absolute atomic E-state index is 0.0252. The summed E-state index contributed by atoms with van der Waals surface area (Å²) in [6, 6.07) is 19.1. The van der Waals surface area contributed by atoms with E-state index in [1.807, 2.05) is 35.0 Å². The monoisotopic (exact) mass is 470 g/mol. The van der Waals surface area contributed by atoms with Gasteiger partial charge in [0.15, 0.2) is 0 Å². The summed E-state index contributed by atoms with van der Waals surface area (Å²) in [5, 5.41) is 14.4. The van der Waals surface area contributed by atoms with Crippen molar-refractivity contribution in [2.24, 2.45) is 0 Å². The van der Waals surface area contributed by atoms with Crippen molar-refractivity contribution in [3.05, 3.63) is 117 Å². The van der Waals surface area contributed by atoms with E-state index in [0.717, 1.165) is 26.9 Å². The summed E-state index contributed by atoms with van der Waals surface area (Å²) in [5.74, 6) is -0.858. The lowest BCUT2D eigenvalue weighted by atomic mass is 10.1. The molecule has 4 aromatic rings. The number of non-ortho nitro benzene ring substituents is 1. The number of benzene rings is 3. The zero-order valence-electron chi connectivity index (χ0n) is 18.3. The van der Waals surface area contributed by atoms with Crippen molar-refractivity contribution in [1.82, 2.24) is 14.8 Å². The van der Waals surface area contributed by atoms with Gasteiger partial charge in [-0.1, -0.05) is 42.5 Å². The summed E-state index contributed by atoms with van der Waals surface area (Å²) in [5.41, 5.74) is 3.35. The van der Waals surface area contributed by atoms with E-state index in [2.05, 4.69) is 5.32 Å². The number of nitrogens with one attached hydrogen (secondary N) is 1. The van der Waals surface area contributed by atoms with Gasteiger partial charge in [-0.2, -0.15) is 0 Å². The lowest BCUT2D eigenvalue weighted by molar-refractivity contribution is -0.384. The number of aromatic nitrogens is 1. The third-order valence-electron chi connectivity index (χ3n) is 5.84. The highest BCUT2D eigenvalue weighted by Crippen LogP contribution is 2.26. The molecule has 0 unspecified atom stereocenters. The van der Waals surface area contributed by atoms with E-state index >= 15 is 0 Å². The van der Waals surface area contributed by atoms with Gasteiger partial charge in [0.1, 0.15) is 11.5 Å². The first kappa shape index (κ1) is 22.0. The fourth-order valence-corrected chi connectivity index (χ4v) is 4.08. The largest absolute Gasteiger partial charge is 0.342 e. The number of hydrogen-bond donors (Lipinski definition) is 1. The Balaban J connectivity index is 1.43. The molecule has 2 heterocycles. The number of nitro groups is 1. The Morgan fingerprint density at radius 2 is 1.57 bits per heavy atom. The number of amides is 3. The van der Waals surface area contributed by atoms with Crippen LogP contribution in [0.4, 0.5) is 14.9 Å². The molecule has 0 radical (unpaired) electrons. The van der Waals surface area contributed by atoms with E-state index in [0.29, 0.717) is 12.1 Å². The quantitative estimate of drug-likeness (QED) is 0.189. The number of para-hydroxylation sites is 1. The van der Waals surface area contributed by atoms with E-state index in [9.17, 15) is 24.1 Å². The second kappa shape index (κ2) is 8.86. The summed E-state index contributed by atoms with van der Waals surface area (Å²) in [6.45, 7) is 0.503. The fourth-order valence-electron chi connectivity index (χ4n) is 4.08. The SMILES string of the molecule is O=C1NC(=Cc2cn(Cc3ccc([N+](=O)[O-])cc3)c3ccccc23)C(=O)N1Cc1ccc(F)cc1. The molecule has 8 nitrogen and oxygen atoms in total. The van der Waals surface area contributed by atoms with Gasteiger partial charge in [-0.25, -0.2) is 9.18 Å². The summed E-state index contributed by atoms with van der Waals surface area (Å²) in [4.78, 5) is 37.0. The van der Waals surface area contributed by atoms with Crippen LogP contribution in [-0.2, 0) is 17.9 Å². The van der Waals surface area contributed by atoms with Gasteiger partial charge in [0.25, 0.3) is 11.6 Å². The molecule has 1 N–H and O–H groups in total. The van der Waals surface area contributed by atoms with Crippen LogP contribution in [0.25, 0.3) is 17.0 Å². The number of nitrogens with zero attached hydrogens (tertiary/aromatic N) is 3. The van der Waals surface area contributed by atoms with Crippen LogP contribution in [0, 0.1) is 15.9 Å². The zero-order valence-corrected chi connectivity index (χ0v) is 18.3. The molecule has 0 aliphatic carbocycles. The lowest BCUT2D eigenvalue weighted by Gasteiger charge is -2.11. The fraction of sp³-hybridized carbons (Fsp3) is 0.0769. The topological polar surface area (TPSA) is 97.5 Å². The first-order valence-corrected chi connectivity index (χ1v) is 10.8. The lowest BCUT2D eigenvalue weighted by Crippen LogP contribution is -2.30. The van der Waals surface area contributed by atoms with E-state index in [4.69, 9.17) is 0 Å². The van der Waals surface area contributed by atoms with Crippen LogP contribution in [-0.4, -0.2) is 26.3 Å². The van der Waals surface area contributed by atoms with Gasteiger partial charge in [0.05, 0.1) is 11.5 Å². The van der Waals surface area contributed by atoms with Gasteiger partial charge in [0, 0.05) is 41.3 Å². The number of fused-ring (bicyclic) bond motifs is 1. The number of imide groups is 1. The van der Waals surface area contributed by atoms with E-state index in [-0.39, 0.29) is 17.9 Å². The summed E-state index contributed by atoms with van der Waals surface area (Å²) >= 11 is 0. The van der Waals surface area contributed by atoms with Gasteiger partial charge in [0.2, 0.25) is 0 Å². The van der Waals surface area contributed by atoms with E-state index in [1.54, 1.807) is 18.2 Å². The number of urea groups is 1. The number of carbonyl (C=O) groups is 2. The average molecular weight is 470 g/mol. The van der Waals surface area contributed by atoms with Gasteiger partial charge in [-0.3, -0.25) is 19.8 Å². The zero-order chi connectivity index (χ0) is 24.5. The second-order valence-corrected chi connectivity index (χ2v) is 8.16. The van der Waals surface area contributed by atoms with Crippen LogP contribution < -0.4 is 5.32 Å². The molecule has 3 amide bonds. The molecule has 1 aliphatic heterocycles. The van der Waals surface area contributed by atoms with Crippen molar-refractivity contribution in [2.45, 2.75) is 13.1 Å². The van der Waals surface area contributed by atoms with Crippen LogP contribution in [0.5, 0.6) is 0 Å². The van der Waals surface area contributed by atoms with Gasteiger partial charge >= 0.3 is 6.03 Å². The molecule has 1 saturated heterocycles. The number of halogens is 1. The van der Waals surface area contributed by atoms with Gasteiger partial charge in [-0.05, 0) is 35.4 Å². The molecule has 35 heavy (non-hydrogen) atoms. The van der Waals surface area contributed by atoms with Crippen LogP contribution in [0.2, 0.25) is 0 Å². The predicted molar refractivity (Wildman–Crippen MR) is 128 cm³/mol. The van der Waals surface area contributed by atoms with Crippen LogP contribution in [0.3, 0.4) is 0 Å². The van der Waals surface area contributed by atoms with Gasteiger partial charge < -0.3 is 9.88 Å². The standard InChI is InChI=1S/C26H19FN4O4/c27-20-9-5-18(6-10-20)15-30-25(32)23(28-26(30)33)13-19-16-29(24-4-2-1-3-22(19)24)14-17-7-11-21(12-8-17)31(34)35/h1-13,16H,14-15H2,(H,28,33). The number of carbonyl (C=O) groups excluding carboxylic acids is 2. The summed E-state index contributed by atoms with van der Waals surface area (Å²) in [6.07, 6.45) is 3.51. The summed E-state index contributed by atoms with van der Waals surface area (Å²) in [7, 11) is 0. The average Bonchev–Trinajstić information content (AvgIpc) is 3.32. The van der Waals surface area contributed by atoms with Crippen molar-refractivity contribution in [2.75, 3.05) is 0 Å². The van der Waals surface area contributed by atoms with E-state index in [1.165, 1.54) is 36.4 Å². The number of rotatable bonds is 6. The van der Waals surface area contributed by atoms with Crippen molar-refractivity contribution < 1.29 is 18.9 Å². The van der Waals surface area contributed by atoms with Crippen molar-refractivity contribution in [1.29, 1.82) is 0 Å². The smallest absolute Gasteiger partial charge is 0.329 e. The molecular weight excluding hydrogens is 451 g/mol. The normalized spacial score (nSPS) is 14.7. The van der Waals surface area contributed by atoms with E-state index < -0.39 is 22.7 Å². The Labute approximate surface area is 199 Å². The Bertz CT molecular complexity index is 1490. The molecule has 3 aromatic carbocycles. The highest BCUT2D eigenvalue weighted by Gasteiger charge is 2.33. The second-order valence-electron chi connectivity index (χ2n) is 8.16. The van der Waals surface area contributed by atoms with Crippen molar-refractivity contribution in [3.63, 3.8) is 0 Å². The molecule has 1 fully saturated rings. The highest BCUT2D eigenvalue weighted by atomic mass is 19.1. The van der Waals surface area contributed by atoms with Crippen LogP contribution in [0.15, 0.2) is 84.7 Å². The molecule has 0 spiro atoms. The van der Waals surface area contributed by atoms with Crippen molar-refractivity contribution >= 4 is 34.6 Å². The molecule has 9 heteroatoms. The molecule has 1 aliphatic rings. The minimum atomic E-state index is -0.541. The number of nitro benzene ring substituents is 1. The third kappa shape index (κ3) is 4.39. The van der Waals surface area contributed by atoms with Crippen LogP contribution in [0.1, 0.15) is 16.7 Å². The molecule has 1 aromatic heterocycles. The molecule has 174 valence electrons. The third-order valence-corrected chi connectivity index (χ3v) is 5.84.